The molecule has 1 aromatic carbocycles. The molecule has 2 aromatic heterocycles. The lowest BCUT2D eigenvalue weighted by atomic mass is 10.1. The smallest absolute Gasteiger partial charge is 0.172 e. The van der Waals surface area contributed by atoms with Crippen molar-refractivity contribution in [2.24, 2.45) is 0 Å². The van der Waals surface area contributed by atoms with Crippen molar-refractivity contribution in [3.63, 3.8) is 0 Å². The number of ether oxygens (including phenoxy) is 1. The van der Waals surface area contributed by atoms with Crippen molar-refractivity contribution in [1.82, 2.24) is 19.5 Å². The van der Waals surface area contributed by atoms with Gasteiger partial charge in [0.25, 0.3) is 0 Å². The number of imidazole rings is 1. The predicted molar refractivity (Wildman–Crippen MR) is 116 cm³/mol. The Kier molecular flexibility index (Phi) is 5.81. The quantitative estimate of drug-likeness (QED) is 0.485. The summed E-state index contributed by atoms with van der Waals surface area (Å²) in [6, 6.07) is 10.0. The molecule has 10 heteroatoms. The molecular formula is C21H25N5O4S. The van der Waals surface area contributed by atoms with Crippen LogP contribution in [0.3, 0.4) is 0 Å². The van der Waals surface area contributed by atoms with Crippen LogP contribution in [-0.4, -0.2) is 72.8 Å². The molecule has 5 rings (SSSR count). The van der Waals surface area contributed by atoms with Crippen LogP contribution in [-0.2, 0) is 10.5 Å². The second-order valence-electron chi connectivity index (χ2n) is 7.83. The average molecular weight is 444 g/mol. The van der Waals surface area contributed by atoms with Crippen LogP contribution in [0.15, 0.2) is 41.8 Å². The molecule has 31 heavy (non-hydrogen) atoms. The van der Waals surface area contributed by atoms with Gasteiger partial charge in [-0.1, -0.05) is 42.1 Å². The van der Waals surface area contributed by atoms with E-state index in [-0.39, 0.29) is 6.61 Å². The van der Waals surface area contributed by atoms with Gasteiger partial charge in [-0.3, -0.25) is 4.57 Å². The zero-order valence-corrected chi connectivity index (χ0v) is 17.7. The fourth-order valence-electron chi connectivity index (χ4n) is 4.18. The molecule has 2 aliphatic heterocycles. The van der Waals surface area contributed by atoms with Crippen LogP contribution < -0.4 is 4.90 Å². The van der Waals surface area contributed by atoms with Crippen molar-refractivity contribution in [1.29, 1.82) is 0 Å². The van der Waals surface area contributed by atoms with Crippen LogP contribution in [0.5, 0.6) is 0 Å². The lowest BCUT2D eigenvalue weighted by molar-refractivity contribution is -0.0548. The number of rotatable bonds is 6. The molecule has 9 nitrogen and oxygen atoms in total. The normalized spacial score (nSPS) is 26.2. The standard InChI is InChI=1S/C21H25N5O4S/c27-10-14-16(28)17(29)20(30-14)26-19-15(18(22-12-23-19)25-8-4-5-9-25)24-21(26)31-11-13-6-2-1-3-7-13/h1-3,6-7,12,14,16-17,20,27-29H,4-5,8-11H2/t14-,16-,17-,20-/m1/s1. The summed E-state index contributed by atoms with van der Waals surface area (Å²) in [5, 5.41) is 31.1. The molecular weight excluding hydrogens is 418 g/mol. The van der Waals surface area contributed by atoms with Gasteiger partial charge in [-0.2, -0.15) is 0 Å². The number of aromatic nitrogens is 4. The van der Waals surface area contributed by atoms with Crippen molar-refractivity contribution in [3.05, 3.63) is 42.2 Å². The van der Waals surface area contributed by atoms with E-state index in [1.54, 1.807) is 4.57 Å². The molecule has 2 fully saturated rings. The maximum Gasteiger partial charge on any atom is 0.172 e. The number of thioether (sulfide) groups is 1. The summed E-state index contributed by atoms with van der Waals surface area (Å²) in [6.07, 6.45) is -0.467. The number of nitrogens with zero attached hydrogens (tertiary/aromatic N) is 5. The first kappa shape index (κ1) is 20.7. The molecule has 2 saturated heterocycles. The lowest BCUT2D eigenvalue weighted by Gasteiger charge is -2.19. The van der Waals surface area contributed by atoms with E-state index in [1.807, 2.05) is 30.3 Å². The number of hydrogen-bond acceptors (Lipinski definition) is 9. The van der Waals surface area contributed by atoms with Gasteiger partial charge in [0.05, 0.1) is 6.61 Å². The molecule has 0 radical (unpaired) electrons. The Morgan fingerprint density at radius 1 is 1.06 bits per heavy atom. The molecule has 0 unspecified atom stereocenters. The Morgan fingerprint density at radius 3 is 2.55 bits per heavy atom. The van der Waals surface area contributed by atoms with Crippen LogP contribution in [0.4, 0.5) is 5.82 Å². The highest BCUT2D eigenvalue weighted by molar-refractivity contribution is 7.98. The first-order valence-corrected chi connectivity index (χ1v) is 11.4. The highest BCUT2D eigenvalue weighted by atomic mass is 32.2. The summed E-state index contributed by atoms with van der Waals surface area (Å²) >= 11 is 1.51. The van der Waals surface area contributed by atoms with Crippen LogP contribution in [0.25, 0.3) is 11.2 Å². The van der Waals surface area contributed by atoms with Gasteiger partial charge in [0.15, 0.2) is 28.4 Å². The molecule has 0 spiro atoms. The average Bonchev–Trinajstić information content (AvgIpc) is 3.52. The first-order chi connectivity index (χ1) is 15.2. The SMILES string of the molecule is OC[C@H]1O[C@@H](n2c(SCc3ccccc3)nc3c(N4CCCC4)ncnc32)[C@H](O)[C@@H]1O. The molecule has 0 bridgehead atoms. The summed E-state index contributed by atoms with van der Waals surface area (Å²) in [5.41, 5.74) is 2.33. The van der Waals surface area contributed by atoms with Crippen molar-refractivity contribution >= 4 is 28.7 Å². The van der Waals surface area contributed by atoms with Crippen LogP contribution in [0, 0.1) is 0 Å². The van der Waals surface area contributed by atoms with E-state index in [2.05, 4.69) is 14.9 Å². The summed E-state index contributed by atoms with van der Waals surface area (Å²) in [4.78, 5) is 16.0. The summed E-state index contributed by atoms with van der Waals surface area (Å²) in [5.74, 6) is 1.44. The highest BCUT2D eigenvalue weighted by Gasteiger charge is 2.45. The highest BCUT2D eigenvalue weighted by Crippen LogP contribution is 2.38. The van der Waals surface area contributed by atoms with Crippen LogP contribution in [0.1, 0.15) is 24.6 Å². The third-order valence-electron chi connectivity index (χ3n) is 5.81. The third kappa shape index (κ3) is 3.79. The van der Waals surface area contributed by atoms with Gasteiger partial charge in [0.2, 0.25) is 0 Å². The maximum absolute atomic E-state index is 10.7. The molecule has 3 aromatic rings. The summed E-state index contributed by atoms with van der Waals surface area (Å²) in [7, 11) is 0. The fourth-order valence-corrected chi connectivity index (χ4v) is 5.16. The number of hydrogen-bond donors (Lipinski definition) is 3. The van der Waals surface area contributed by atoms with E-state index in [0.29, 0.717) is 22.1 Å². The number of benzene rings is 1. The second kappa shape index (κ2) is 8.71. The minimum absolute atomic E-state index is 0.387. The summed E-state index contributed by atoms with van der Waals surface area (Å²) in [6.45, 7) is 1.44. The molecule has 4 atom stereocenters. The minimum atomic E-state index is -1.21. The van der Waals surface area contributed by atoms with Gasteiger partial charge in [0.1, 0.15) is 24.6 Å². The van der Waals surface area contributed by atoms with Gasteiger partial charge in [0, 0.05) is 18.8 Å². The van der Waals surface area contributed by atoms with E-state index in [9.17, 15) is 15.3 Å². The number of fused-ring (bicyclic) bond motifs is 1. The second-order valence-corrected chi connectivity index (χ2v) is 8.77. The Bertz CT molecular complexity index is 1040. The Labute approximate surface area is 183 Å². The largest absolute Gasteiger partial charge is 0.394 e. The molecule has 0 aliphatic carbocycles. The molecule has 0 saturated carbocycles. The fraction of sp³-hybridized carbons (Fsp3) is 0.476. The zero-order valence-electron chi connectivity index (χ0n) is 16.9. The molecule has 2 aliphatic rings. The Hall–Kier alpha value is -2.24. The topological polar surface area (TPSA) is 117 Å². The van der Waals surface area contributed by atoms with E-state index in [1.165, 1.54) is 18.1 Å². The number of anilines is 1. The van der Waals surface area contributed by atoms with E-state index >= 15 is 0 Å². The minimum Gasteiger partial charge on any atom is -0.394 e. The van der Waals surface area contributed by atoms with Crippen molar-refractivity contribution in [2.45, 2.75) is 48.3 Å². The monoisotopic (exact) mass is 443 g/mol. The van der Waals surface area contributed by atoms with Crippen molar-refractivity contribution < 1.29 is 20.1 Å². The Balaban J connectivity index is 1.58. The Morgan fingerprint density at radius 2 is 1.84 bits per heavy atom. The van der Waals surface area contributed by atoms with Crippen LogP contribution in [0.2, 0.25) is 0 Å². The lowest BCUT2D eigenvalue weighted by Crippen LogP contribution is -2.33. The molecule has 0 amide bonds. The van der Waals surface area contributed by atoms with E-state index < -0.39 is 24.5 Å². The third-order valence-corrected chi connectivity index (χ3v) is 6.84. The van der Waals surface area contributed by atoms with Gasteiger partial charge in [-0.15, -0.1) is 0 Å². The van der Waals surface area contributed by atoms with Gasteiger partial charge >= 0.3 is 0 Å². The van der Waals surface area contributed by atoms with Crippen LogP contribution >= 0.6 is 11.8 Å². The van der Waals surface area contributed by atoms with Crippen molar-refractivity contribution in [3.8, 4) is 0 Å². The van der Waals surface area contributed by atoms with Crippen molar-refractivity contribution in [2.75, 3.05) is 24.6 Å². The van der Waals surface area contributed by atoms with Gasteiger partial charge < -0.3 is 25.0 Å². The maximum atomic E-state index is 10.7. The molecule has 3 N–H and O–H groups in total. The number of aliphatic hydroxyl groups is 3. The van der Waals surface area contributed by atoms with Gasteiger partial charge in [-0.25, -0.2) is 15.0 Å². The summed E-state index contributed by atoms with van der Waals surface area (Å²) < 4.78 is 7.56. The predicted octanol–water partition coefficient (Wildman–Crippen LogP) is 1.33. The number of aliphatic hydroxyl groups excluding tert-OH is 3. The molecule has 4 heterocycles. The van der Waals surface area contributed by atoms with Gasteiger partial charge in [-0.05, 0) is 18.4 Å². The van der Waals surface area contributed by atoms with E-state index in [4.69, 9.17) is 9.72 Å². The first-order valence-electron chi connectivity index (χ1n) is 10.4. The molecule has 164 valence electrons. The zero-order chi connectivity index (χ0) is 21.4. The van der Waals surface area contributed by atoms with E-state index in [0.717, 1.165) is 37.3 Å².